The first-order chi connectivity index (χ1) is 10.1. The average Bonchev–Trinajstić information content (AvgIpc) is 3.04. The molecule has 2 nitrogen and oxygen atoms in total. The van der Waals surface area contributed by atoms with Gasteiger partial charge in [0.1, 0.15) is 0 Å². The highest BCUT2D eigenvalue weighted by atomic mass is 15.2. The van der Waals surface area contributed by atoms with Crippen LogP contribution in [0.5, 0.6) is 0 Å². The number of nitrogens with zero attached hydrogens (tertiary/aromatic N) is 1. The van der Waals surface area contributed by atoms with Crippen LogP contribution in [-0.4, -0.2) is 25.2 Å². The van der Waals surface area contributed by atoms with E-state index in [0.29, 0.717) is 17.5 Å². The molecule has 1 aromatic carbocycles. The lowest BCUT2D eigenvalue weighted by atomic mass is 9.84. The largest absolute Gasteiger partial charge is 0.368 e. The molecule has 1 N–H and O–H groups in total. The fourth-order valence-corrected chi connectivity index (χ4v) is 4.17. The van der Waals surface area contributed by atoms with Crippen LogP contribution in [0.2, 0.25) is 0 Å². The molecule has 1 unspecified atom stereocenters. The predicted molar refractivity (Wildman–Crippen MR) is 91.0 cm³/mol. The Hall–Kier alpha value is -1.02. The molecule has 1 aliphatic heterocycles. The van der Waals surface area contributed by atoms with Gasteiger partial charge in [-0.25, -0.2) is 0 Å². The summed E-state index contributed by atoms with van der Waals surface area (Å²) in [5.74, 6) is 0. The molecule has 0 radical (unpaired) electrons. The summed E-state index contributed by atoms with van der Waals surface area (Å²) < 4.78 is 0. The first-order valence-electron chi connectivity index (χ1n) is 8.68. The molecule has 1 aromatic rings. The van der Waals surface area contributed by atoms with E-state index in [2.05, 4.69) is 55.3 Å². The predicted octanol–water partition coefficient (Wildman–Crippen LogP) is 4.00. The van der Waals surface area contributed by atoms with Crippen molar-refractivity contribution in [3.8, 4) is 0 Å². The van der Waals surface area contributed by atoms with Gasteiger partial charge in [-0.15, -0.1) is 0 Å². The number of hydrogen-bond acceptors (Lipinski definition) is 2. The van der Waals surface area contributed by atoms with E-state index in [4.69, 9.17) is 0 Å². The molecule has 3 rings (SSSR count). The third-order valence-corrected chi connectivity index (χ3v) is 5.40. The first-order valence-corrected chi connectivity index (χ1v) is 8.68. The summed E-state index contributed by atoms with van der Waals surface area (Å²) in [7, 11) is 0. The Morgan fingerprint density at radius 1 is 1.24 bits per heavy atom. The number of rotatable bonds is 5. The van der Waals surface area contributed by atoms with Gasteiger partial charge in [0.05, 0.1) is 0 Å². The molecular formula is C19H30N2. The molecule has 0 amide bonds. The zero-order chi connectivity index (χ0) is 14.9. The number of fused-ring (bicyclic) bond motifs is 1. The molecular weight excluding hydrogens is 256 g/mol. The van der Waals surface area contributed by atoms with Crippen LogP contribution in [0.3, 0.4) is 0 Å². The standard InChI is InChI=1S/C19H30N2/c1-15(2)20-13-19(10-6-7-11-19)14-21-16(3)12-17-8-4-5-9-18(17)21/h4-5,8-9,15-16,20H,6-7,10-14H2,1-3H3. The van der Waals surface area contributed by atoms with Crippen LogP contribution in [0.25, 0.3) is 0 Å². The molecule has 2 heteroatoms. The highest BCUT2D eigenvalue weighted by Crippen LogP contribution is 2.42. The molecule has 0 spiro atoms. The number of benzene rings is 1. The Bertz CT molecular complexity index is 474. The van der Waals surface area contributed by atoms with E-state index in [1.807, 2.05) is 0 Å². The lowest BCUT2D eigenvalue weighted by molar-refractivity contribution is 0.270. The van der Waals surface area contributed by atoms with E-state index >= 15 is 0 Å². The van der Waals surface area contributed by atoms with Gasteiger partial charge in [0.25, 0.3) is 0 Å². The number of anilines is 1. The van der Waals surface area contributed by atoms with Crippen molar-refractivity contribution in [2.24, 2.45) is 5.41 Å². The molecule has 1 atom stereocenters. The second-order valence-corrected chi connectivity index (χ2v) is 7.55. The third kappa shape index (κ3) is 3.11. The summed E-state index contributed by atoms with van der Waals surface area (Å²) in [6.45, 7) is 9.31. The minimum Gasteiger partial charge on any atom is -0.368 e. The van der Waals surface area contributed by atoms with Crippen molar-refractivity contribution in [2.45, 2.75) is 65.0 Å². The maximum atomic E-state index is 3.71. The molecule has 1 fully saturated rings. The van der Waals surface area contributed by atoms with Crippen LogP contribution in [0, 0.1) is 5.41 Å². The Morgan fingerprint density at radius 2 is 1.95 bits per heavy atom. The fraction of sp³-hybridized carbons (Fsp3) is 0.684. The zero-order valence-electron chi connectivity index (χ0n) is 13.9. The van der Waals surface area contributed by atoms with Crippen molar-refractivity contribution in [3.63, 3.8) is 0 Å². The van der Waals surface area contributed by atoms with Gasteiger partial charge in [-0.2, -0.15) is 0 Å². The van der Waals surface area contributed by atoms with E-state index in [9.17, 15) is 0 Å². The maximum absolute atomic E-state index is 3.71. The molecule has 1 saturated carbocycles. The van der Waals surface area contributed by atoms with Gasteiger partial charge in [-0.1, -0.05) is 44.9 Å². The molecule has 1 aliphatic carbocycles. The highest BCUT2D eigenvalue weighted by Gasteiger charge is 2.38. The second-order valence-electron chi connectivity index (χ2n) is 7.55. The van der Waals surface area contributed by atoms with Crippen molar-refractivity contribution in [3.05, 3.63) is 29.8 Å². The topological polar surface area (TPSA) is 15.3 Å². The van der Waals surface area contributed by atoms with Gasteiger partial charge in [0.2, 0.25) is 0 Å². The van der Waals surface area contributed by atoms with Crippen molar-refractivity contribution in [1.82, 2.24) is 5.32 Å². The lowest BCUT2D eigenvalue weighted by Gasteiger charge is -2.38. The second kappa shape index (κ2) is 6.00. The van der Waals surface area contributed by atoms with E-state index in [0.717, 1.165) is 0 Å². The van der Waals surface area contributed by atoms with Crippen LogP contribution < -0.4 is 10.2 Å². The quantitative estimate of drug-likeness (QED) is 0.880. The monoisotopic (exact) mass is 286 g/mol. The summed E-state index contributed by atoms with van der Waals surface area (Å²) in [5, 5.41) is 3.71. The van der Waals surface area contributed by atoms with Gasteiger partial charge in [-0.3, -0.25) is 0 Å². The molecule has 0 aromatic heterocycles. The SMILES string of the molecule is CC(C)NCC1(CN2c3ccccc3CC2C)CCCC1. The lowest BCUT2D eigenvalue weighted by Crippen LogP contribution is -2.46. The van der Waals surface area contributed by atoms with Crippen molar-refractivity contribution >= 4 is 5.69 Å². The average molecular weight is 286 g/mol. The summed E-state index contributed by atoms with van der Waals surface area (Å²) in [4.78, 5) is 2.68. The Kier molecular flexibility index (Phi) is 4.26. The van der Waals surface area contributed by atoms with Crippen LogP contribution in [0.4, 0.5) is 5.69 Å². The van der Waals surface area contributed by atoms with Crippen LogP contribution in [-0.2, 0) is 6.42 Å². The van der Waals surface area contributed by atoms with E-state index in [1.54, 1.807) is 0 Å². The van der Waals surface area contributed by atoms with E-state index in [-0.39, 0.29) is 0 Å². The van der Waals surface area contributed by atoms with Crippen molar-refractivity contribution < 1.29 is 0 Å². The van der Waals surface area contributed by atoms with Gasteiger partial charge >= 0.3 is 0 Å². The van der Waals surface area contributed by atoms with Gasteiger partial charge in [-0.05, 0) is 37.8 Å². The normalized spacial score (nSPS) is 23.8. The summed E-state index contributed by atoms with van der Waals surface area (Å²) in [6.07, 6.45) is 6.80. The van der Waals surface area contributed by atoms with E-state index < -0.39 is 0 Å². The summed E-state index contributed by atoms with van der Waals surface area (Å²) >= 11 is 0. The number of para-hydroxylation sites is 1. The Balaban J connectivity index is 1.77. The number of nitrogens with one attached hydrogen (secondary N) is 1. The van der Waals surface area contributed by atoms with Crippen molar-refractivity contribution in [1.29, 1.82) is 0 Å². The Labute approximate surface area is 129 Å². The highest BCUT2D eigenvalue weighted by molar-refractivity contribution is 5.59. The summed E-state index contributed by atoms with van der Waals surface area (Å²) in [6, 6.07) is 10.2. The maximum Gasteiger partial charge on any atom is 0.0402 e. The minimum absolute atomic E-state index is 0.482. The molecule has 1 heterocycles. The molecule has 0 bridgehead atoms. The zero-order valence-corrected chi connectivity index (χ0v) is 13.9. The number of hydrogen-bond donors (Lipinski definition) is 1. The van der Waals surface area contributed by atoms with Crippen LogP contribution in [0.15, 0.2) is 24.3 Å². The van der Waals surface area contributed by atoms with Crippen LogP contribution >= 0.6 is 0 Å². The molecule has 116 valence electrons. The smallest absolute Gasteiger partial charge is 0.0402 e. The van der Waals surface area contributed by atoms with Gasteiger partial charge in [0.15, 0.2) is 0 Å². The molecule has 2 aliphatic rings. The minimum atomic E-state index is 0.482. The summed E-state index contributed by atoms with van der Waals surface area (Å²) in [5.41, 5.74) is 3.51. The first kappa shape index (κ1) is 14.9. The Morgan fingerprint density at radius 3 is 2.67 bits per heavy atom. The van der Waals surface area contributed by atoms with E-state index in [1.165, 1.54) is 56.4 Å². The van der Waals surface area contributed by atoms with Gasteiger partial charge in [0, 0.05) is 36.3 Å². The molecule has 21 heavy (non-hydrogen) atoms. The van der Waals surface area contributed by atoms with Crippen LogP contribution in [0.1, 0.15) is 52.0 Å². The van der Waals surface area contributed by atoms with Crippen molar-refractivity contribution in [2.75, 3.05) is 18.0 Å². The molecule has 0 saturated heterocycles. The third-order valence-electron chi connectivity index (χ3n) is 5.40. The van der Waals surface area contributed by atoms with Gasteiger partial charge < -0.3 is 10.2 Å². The fourth-order valence-electron chi connectivity index (χ4n) is 4.17.